The Kier molecular flexibility index (Phi) is 6.32. The molecule has 2 aromatic rings. The SMILES string of the molecule is C=Nc1[nH]cc(C2NC(=O)NC(CCC)=C2C(=O)OCc2cccc(C#N)c2)c1C. The van der Waals surface area contributed by atoms with Gasteiger partial charge in [-0.2, -0.15) is 5.26 Å². The van der Waals surface area contributed by atoms with Gasteiger partial charge in [-0.25, -0.2) is 14.6 Å². The summed E-state index contributed by atoms with van der Waals surface area (Å²) >= 11 is 0. The van der Waals surface area contributed by atoms with E-state index in [0.29, 0.717) is 34.6 Å². The quantitative estimate of drug-likeness (QED) is 0.481. The number of aromatic amines is 1. The minimum absolute atomic E-state index is 0.0174. The zero-order chi connectivity index (χ0) is 21.7. The summed E-state index contributed by atoms with van der Waals surface area (Å²) in [6, 6.07) is 7.89. The highest BCUT2D eigenvalue weighted by molar-refractivity contribution is 5.95. The molecule has 154 valence electrons. The van der Waals surface area contributed by atoms with Crippen LogP contribution in [0.25, 0.3) is 0 Å². The fourth-order valence-electron chi connectivity index (χ4n) is 3.46. The highest BCUT2D eigenvalue weighted by Gasteiger charge is 2.35. The van der Waals surface area contributed by atoms with Gasteiger partial charge in [0, 0.05) is 17.5 Å². The summed E-state index contributed by atoms with van der Waals surface area (Å²) in [7, 11) is 0. The number of carbonyl (C=O) groups is 2. The van der Waals surface area contributed by atoms with Crippen molar-refractivity contribution < 1.29 is 14.3 Å². The summed E-state index contributed by atoms with van der Waals surface area (Å²) in [6.45, 7) is 7.36. The molecule has 1 atom stereocenters. The third-order valence-corrected chi connectivity index (χ3v) is 4.92. The van der Waals surface area contributed by atoms with E-state index in [2.05, 4.69) is 33.4 Å². The second-order valence-electron chi connectivity index (χ2n) is 6.94. The Balaban J connectivity index is 1.94. The molecule has 0 saturated heterocycles. The van der Waals surface area contributed by atoms with Gasteiger partial charge in [0.05, 0.1) is 23.2 Å². The largest absolute Gasteiger partial charge is 0.457 e. The molecule has 0 saturated carbocycles. The zero-order valence-electron chi connectivity index (χ0n) is 16.9. The summed E-state index contributed by atoms with van der Waals surface area (Å²) in [4.78, 5) is 32.3. The van der Waals surface area contributed by atoms with Crippen molar-refractivity contribution in [3.8, 4) is 6.07 Å². The van der Waals surface area contributed by atoms with E-state index < -0.39 is 12.0 Å². The second kappa shape index (κ2) is 9.09. The molecule has 8 nitrogen and oxygen atoms in total. The summed E-state index contributed by atoms with van der Waals surface area (Å²) in [5.74, 6) is 0.0443. The van der Waals surface area contributed by atoms with E-state index in [1.54, 1.807) is 30.5 Å². The molecule has 8 heteroatoms. The summed E-state index contributed by atoms with van der Waals surface area (Å²) in [6.07, 6.45) is 2.98. The lowest BCUT2D eigenvalue weighted by Gasteiger charge is -2.29. The van der Waals surface area contributed by atoms with E-state index in [0.717, 1.165) is 17.5 Å². The molecule has 1 unspecified atom stereocenters. The first kappa shape index (κ1) is 20.9. The lowest BCUT2D eigenvalue weighted by atomic mass is 9.93. The number of amides is 2. The van der Waals surface area contributed by atoms with E-state index in [9.17, 15) is 9.59 Å². The Morgan fingerprint density at radius 1 is 1.40 bits per heavy atom. The number of benzene rings is 1. The normalized spacial score (nSPS) is 15.8. The van der Waals surface area contributed by atoms with Crippen molar-refractivity contribution in [3.63, 3.8) is 0 Å². The molecule has 0 aliphatic carbocycles. The predicted molar refractivity (Wildman–Crippen MR) is 112 cm³/mol. The molecule has 0 radical (unpaired) electrons. The van der Waals surface area contributed by atoms with E-state index in [1.807, 2.05) is 13.8 Å². The van der Waals surface area contributed by atoms with Crippen molar-refractivity contribution in [1.82, 2.24) is 15.6 Å². The molecule has 30 heavy (non-hydrogen) atoms. The maximum absolute atomic E-state index is 13.1. The first-order valence-corrected chi connectivity index (χ1v) is 9.59. The minimum atomic E-state index is -0.676. The number of rotatable bonds is 7. The average molecular weight is 405 g/mol. The van der Waals surface area contributed by atoms with Gasteiger partial charge in [0.25, 0.3) is 0 Å². The fourth-order valence-corrected chi connectivity index (χ4v) is 3.46. The standard InChI is InChI=1S/C22H23N5O3/c1-4-6-17-18(21(28)30-12-15-8-5-7-14(9-15)10-23)19(27-22(29)26-17)16-11-25-20(24-3)13(16)2/h5,7-9,11,19,25H,3-4,6,12H2,1-2H3,(H2,26,27,29). The zero-order valence-corrected chi connectivity index (χ0v) is 16.9. The van der Waals surface area contributed by atoms with E-state index >= 15 is 0 Å². The third kappa shape index (κ3) is 4.25. The van der Waals surface area contributed by atoms with Crippen LogP contribution in [0.3, 0.4) is 0 Å². The van der Waals surface area contributed by atoms with Crippen LogP contribution < -0.4 is 10.6 Å². The lowest BCUT2D eigenvalue weighted by Crippen LogP contribution is -2.46. The van der Waals surface area contributed by atoms with Crippen LogP contribution in [-0.4, -0.2) is 23.7 Å². The van der Waals surface area contributed by atoms with Gasteiger partial charge in [-0.1, -0.05) is 25.5 Å². The molecular weight excluding hydrogens is 382 g/mol. The summed E-state index contributed by atoms with van der Waals surface area (Å²) in [5.41, 5.74) is 3.60. The second-order valence-corrected chi connectivity index (χ2v) is 6.94. The van der Waals surface area contributed by atoms with E-state index in [-0.39, 0.29) is 12.6 Å². The number of hydrogen-bond acceptors (Lipinski definition) is 5. The molecule has 1 aromatic heterocycles. The lowest BCUT2D eigenvalue weighted by molar-refractivity contribution is -0.140. The highest BCUT2D eigenvalue weighted by Crippen LogP contribution is 2.34. The van der Waals surface area contributed by atoms with Gasteiger partial charge < -0.3 is 20.4 Å². The van der Waals surface area contributed by atoms with Crippen LogP contribution in [0.1, 0.15) is 48.1 Å². The van der Waals surface area contributed by atoms with Crippen LogP contribution >= 0.6 is 0 Å². The van der Waals surface area contributed by atoms with Crippen LogP contribution in [0.4, 0.5) is 10.6 Å². The molecule has 3 rings (SSSR count). The molecule has 0 bridgehead atoms. The molecule has 1 aliphatic heterocycles. The first-order chi connectivity index (χ1) is 14.5. The number of urea groups is 1. The van der Waals surface area contributed by atoms with Crippen molar-refractivity contribution in [2.75, 3.05) is 0 Å². The number of hydrogen-bond donors (Lipinski definition) is 3. The number of nitrogens with zero attached hydrogens (tertiary/aromatic N) is 2. The molecule has 0 spiro atoms. The Morgan fingerprint density at radius 3 is 2.87 bits per heavy atom. The van der Waals surface area contributed by atoms with Crippen molar-refractivity contribution in [2.45, 2.75) is 39.3 Å². The van der Waals surface area contributed by atoms with Crippen LogP contribution in [-0.2, 0) is 16.1 Å². The van der Waals surface area contributed by atoms with E-state index in [1.165, 1.54) is 0 Å². The van der Waals surface area contributed by atoms with Crippen molar-refractivity contribution in [3.05, 3.63) is 64.0 Å². The van der Waals surface area contributed by atoms with Crippen molar-refractivity contribution in [1.29, 1.82) is 5.26 Å². The monoisotopic (exact) mass is 405 g/mol. The van der Waals surface area contributed by atoms with Gasteiger partial charge >= 0.3 is 12.0 Å². The van der Waals surface area contributed by atoms with Gasteiger partial charge in [0.2, 0.25) is 0 Å². The molecule has 2 heterocycles. The van der Waals surface area contributed by atoms with Gasteiger partial charge in [0.15, 0.2) is 0 Å². The molecule has 3 N–H and O–H groups in total. The summed E-state index contributed by atoms with van der Waals surface area (Å²) in [5, 5.41) is 14.6. The third-order valence-electron chi connectivity index (χ3n) is 4.92. The van der Waals surface area contributed by atoms with Gasteiger partial charge in [-0.15, -0.1) is 0 Å². The van der Waals surface area contributed by atoms with Crippen LogP contribution in [0, 0.1) is 18.3 Å². The number of nitriles is 1. The predicted octanol–water partition coefficient (Wildman–Crippen LogP) is 3.68. The Hall–Kier alpha value is -3.86. The number of aliphatic imine (C=N–C) groups is 1. The van der Waals surface area contributed by atoms with Gasteiger partial charge in [-0.05, 0) is 43.3 Å². The number of H-pyrrole nitrogens is 1. The maximum atomic E-state index is 13.1. The number of allylic oxidation sites excluding steroid dienone is 1. The number of esters is 1. The maximum Gasteiger partial charge on any atom is 0.338 e. The fraction of sp³-hybridized carbons (Fsp3) is 0.273. The highest BCUT2D eigenvalue weighted by atomic mass is 16.5. The minimum Gasteiger partial charge on any atom is -0.457 e. The Morgan fingerprint density at radius 2 is 2.20 bits per heavy atom. The molecule has 0 fully saturated rings. The average Bonchev–Trinajstić information content (AvgIpc) is 3.12. The molecular formula is C22H23N5O3. The topological polar surface area (TPSA) is 119 Å². The molecule has 2 amide bonds. The van der Waals surface area contributed by atoms with Crippen LogP contribution in [0.5, 0.6) is 0 Å². The smallest absolute Gasteiger partial charge is 0.338 e. The van der Waals surface area contributed by atoms with Gasteiger partial charge in [0.1, 0.15) is 12.4 Å². The van der Waals surface area contributed by atoms with Crippen molar-refractivity contribution in [2.24, 2.45) is 4.99 Å². The summed E-state index contributed by atoms with van der Waals surface area (Å²) < 4.78 is 5.56. The van der Waals surface area contributed by atoms with Crippen LogP contribution in [0.15, 0.2) is 46.7 Å². The number of ether oxygens (including phenoxy) is 1. The number of nitrogens with one attached hydrogen (secondary N) is 3. The number of carbonyl (C=O) groups excluding carboxylic acids is 2. The molecule has 1 aliphatic rings. The first-order valence-electron chi connectivity index (χ1n) is 9.59. The van der Waals surface area contributed by atoms with Crippen molar-refractivity contribution >= 4 is 24.5 Å². The Labute approximate surface area is 174 Å². The Bertz CT molecular complexity index is 1060. The molecule has 1 aromatic carbocycles. The van der Waals surface area contributed by atoms with Crippen LogP contribution in [0.2, 0.25) is 0 Å². The number of aromatic nitrogens is 1. The van der Waals surface area contributed by atoms with Gasteiger partial charge in [-0.3, -0.25) is 0 Å². The van der Waals surface area contributed by atoms with E-state index in [4.69, 9.17) is 10.00 Å².